The van der Waals surface area contributed by atoms with Crippen LogP contribution in [0.1, 0.15) is 25.1 Å². The molecule has 3 amide bonds. The molecule has 3 aromatic rings. The average molecular weight is 500 g/mol. The quantitative estimate of drug-likeness (QED) is 0.436. The highest BCUT2D eigenvalue weighted by molar-refractivity contribution is 6.30. The normalized spacial score (nSPS) is 11.8. The fourth-order valence-corrected chi connectivity index (χ4v) is 3.85. The summed E-state index contributed by atoms with van der Waals surface area (Å²) in [6, 6.07) is 12.5. The molecular weight excluding hydrogens is 474 g/mol. The molecule has 0 aliphatic rings. The van der Waals surface area contributed by atoms with E-state index < -0.39 is 29.5 Å². The number of rotatable bonds is 8. The second-order valence-electron chi connectivity index (χ2n) is 8.35. The highest BCUT2D eigenvalue weighted by atomic mass is 35.5. The molecule has 184 valence electrons. The minimum atomic E-state index is -1.22. The Labute approximate surface area is 206 Å². The molecule has 35 heavy (non-hydrogen) atoms. The molecule has 11 heteroatoms. The van der Waals surface area contributed by atoms with Crippen LogP contribution in [-0.4, -0.2) is 50.9 Å². The first-order valence-electron chi connectivity index (χ1n) is 10.9. The van der Waals surface area contributed by atoms with Crippen LogP contribution in [0.2, 0.25) is 5.02 Å². The molecule has 0 spiro atoms. The number of aromatic nitrogens is 2. The Morgan fingerprint density at radius 1 is 1.09 bits per heavy atom. The largest absolute Gasteiger partial charge is 0.465 e. The molecular formula is C24H26ClN5O5. The summed E-state index contributed by atoms with van der Waals surface area (Å²) in [5.41, 5.74) is 3.01. The van der Waals surface area contributed by atoms with E-state index in [0.717, 1.165) is 9.69 Å². The van der Waals surface area contributed by atoms with Crippen molar-refractivity contribution in [1.82, 2.24) is 20.1 Å². The number of hydrogen-bond acceptors (Lipinski definition) is 5. The first-order valence-corrected chi connectivity index (χ1v) is 11.2. The Morgan fingerprint density at radius 2 is 1.71 bits per heavy atom. The summed E-state index contributed by atoms with van der Waals surface area (Å²) in [6.07, 6.45) is -1.22. The van der Waals surface area contributed by atoms with Crippen LogP contribution in [0.25, 0.3) is 10.8 Å². The minimum Gasteiger partial charge on any atom is -0.465 e. The van der Waals surface area contributed by atoms with Crippen molar-refractivity contribution in [2.24, 2.45) is 5.92 Å². The van der Waals surface area contributed by atoms with Crippen molar-refractivity contribution in [1.29, 1.82) is 0 Å². The lowest BCUT2D eigenvalue weighted by molar-refractivity contribution is -0.127. The van der Waals surface area contributed by atoms with Gasteiger partial charge in [-0.15, -0.1) is 4.79 Å². The van der Waals surface area contributed by atoms with Gasteiger partial charge in [0.15, 0.2) is 0 Å². The molecule has 0 aliphatic carbocycles. The second kappa shape index (κ2) is 11.0. The lowest BCUT2D eigenvalue weighted by Crippen LogP contribution is -2.50. The number of likely N-dealkylation sites (N-methyl/N-ethyl adjacent to an activating group) is 1. The van der Waals surface area contributed by atoms with Gasteiger partial charge in [-0.05, 0) is 29.7 Å². The van der Waals surface area contributed by atoms with Gasteiger partial charge in [0.1, 0.15) is 6.04 Å². The van der Waals surface area contributed by atoms with E-state index in [4.69, 9.17) is 11.6 Å². The summed E-state index contributed by atoms with van der Waals surface area (Å²) in [7, 11) is 1.33. The van der Waals surface area contributed by atoms with E-state index in [1.54, 1.807) is 62.4 Å². The standard InChI is InChI=1S/C24H26ClN5O5/c1-14(2)21(29(3)24(34)35)22(32)26-13-19-17-6-4-5-7-18(17)23(33)30(27-19)28-20(31)12-15-8-10-16(25)11-9-15/h4-11,14,21H,12-13H2,1-3H3,(H,26,32)(H,28,31)(H,34,35)/t21-/m0/s1. The molecule has 2 aromatic carbocycles. The maximum Gasteiger partial charge on any atom is 0.407 e. The van der Waals surface area contributed by atoms with Gasteiger partial charge >= 0.3 is 6.09 Å². The van der Waals surface area contributed by atoms with Crippen molar-refractivity contribution >= 4 is 40.3 Å². The molecule has 0 saturated carbocycles. The first kappa shape index (κ1) is 25.7. The fourth-order valence-electron chi connectivity index (χ4n) is 3.73. The molecule has 0 saturated heterocycles. The van der Waals surface area contributed by atoms with Crippen LogP contribution in [0, 0.1) is 5.92 Å². The molecule has 0 aliphatic heterocycles. The number of nitrogens with one attached hydrogen (secondary N) is 2. The number of amides is 3. The summed E-state index contributed by atoms with van der Waals surface area (Å²) >= 11 is 5.88. The number of benzene rings is 2. The van der Waals surface area contributed by atoms with Crippen molar-refractivity contribution in [2.75, 3.05) is 12.5 Å². The molecule has 0 unspecified atom stereocenters. The third-order valence-corrected chi connectivity index (χ3v) is 5.69. The number of halogens is 1. The zero-order chi connectivity index (χ0) is 25.7. The zero-order valence-electron chi connectivity index (χ0n) is 19.5. The van der Waals surface area contributed by atoms with Crippen LogP contribution < -0.4 is 16.3 Å². The number of fused-ring (bicyclic) bond motifs is 1. The van der Waals surface area contributed by atoms with Gasteiger partial charge in [0, 0.05) is 17.5 Å². The summed E-state index contributed by atoms with van der Waals surface area (Å²) < 4.78 is 0. The zero-order valence-corrected chi connectivity index (χ0v) is 20.2. The molecule has 1 atom stereocenters. The van der Waals surface area contributed by atoms with Gasteiger partial charge in [-0.3, -0.25) is 19.3 Å². The number of carbonyl (C=O) groups is 3. The van der Waals surface area contributed by atoms with Crippen LogP contribution in [-0.2, 0) is 22.6 Å². The van der Waals surface area contributed by atoms with Crippen LogP contribution in [0.4, 0.5) is 4.79 Å². The lowest BCUT2D eigenvalue weighted by atomic mass is 10.0. The van der Waals surface area contributed by atoms with Crippen molar-refractivity contribution in [3.63, 3.8) is 0 Å². The van der Waals surface area contributed by atoms with Crippen LogP contribution in [0.5, 0.6) is 0 Å². The van der Waals surface area contributed by atoms with Crippen molar-refractivity contribution in [3.8, 4) is 0 Å². The maximum atomic E-state index is 12.9. The molecule has 1 aromatic heterocycles. The van der Waals surface area contributed by atoms with Crippen molar-refractivity contribution in [2.45, 2.75) is 32.9 Å². The highest BCUT2D eigenvalue weighted by Crippen LogP contribution is 2.15. The molecule has 10 nitrogen and oxygen atoms in total. The van der Waals surface area contributed by atoms with E-state index in [1.165, 1.54) is 7.05 Å². The number of carbonyl (C=O) groups excluding carboxylic acids is 2. The van der Waals surface area contributed by atoms with E-state index in [0.29, 0.717) is 27.1 Å². The Bertz CT molecular complexity index is 1310. The Morgan fingerprint density at radius 3 is 2.31 bits per heavy atom. The van der Waals surface area contributed by atoms with Crippen LogP contribution >= 0.6 is 11.6 Å². The van der Waals surface area contributed by atoms with E-state index >= 15 is 0 Å². The number of carboxylic acid groups (broad SMARTS) is 1. The van der Waals surface area contributed by atoms with Gasteiger partial charge in [0.05, 0.1) is 24.0 Å². The molecule has 3 rings (SSSR count). The van der Waals surface area contributed by atoms with Gasteiger partial charge in [-0.1, -0.05) is 55.8 Å². The third kappa shape index (κ3) is 6.15. The van der Waals surface area contributed by atoms with E-state index in [9.17, 15) is 24.3 Å². The lowest BCUT2D eigenvalue weighted by Gasteiger charge is -2.27. The molecule has 0 bridgehead atoms. The maximum absolute atomic E-state index is 12.9. The number of nitrogens with zero attached hydrogens (tertiary/aromatic N) is 3. The molecule has 0 fully saturated rings. The molecule has 1 heterocycles. The molecule has 0 radical (unpaired) electrons. The predicted molar refractivity (Wildman–Crippen MR) is 132 cm³/mol. The number of hydrogen-bond donors (Lipinski definition) is 3. The fraction of sp³-hybridized carbons (Fsp3) is 0.292. The van der Waals surface area contributed by atoms with Gasteiger partial charge in [-0.25, -0.2) is 10.2 Å². The Kier molecular flexibility index (Phi) is 8.08. The smallest absolute Gasteiger partial charge is 0.407 e. The van der Waals surface area contributed by atoms with Crippen molar-refractivity contribution in [3.05, 3.63) is 75.2 Å². The Hall–Kier alpha value is -3.92. The summed E-state index contributed by atoms with van der Waals surface area (Å²) in [5.74, 6) is -1.24. The van der Waals surface area contributed by atoms with Gasteiger partial charge in [0.2, 0.25) is 11.8 Å². The minimum absolute atomic E-state index is 0.00176. The van der Waals surface area contributed by atoms with Gasteiger partial charge in [0.25, 0.3) is 5.56 Å². The monoisotopic (exact) mass is 499 g/mol. The van der Waals surface area contributed by atoms with E-state index in [-0.39, 0.29) is 18.9 Å². The Balaban J connectivity index is 1.86. The molecule has 3 N–H and O–H groups in total. The SMILES string of the molecule is CC(C)[C@@H](C(=O)NCc1nn(NC(=O)Cc2ccc(Cl)cc2)c(=O)c2ccccc12)N(C)C(=O)O. The third-order valence-electron chi connectivity index (χ3n) is 5.44. The second-order valence-corrected chi connectivity index (χ2v) is 8.78. The summed E-state index contributed by atoms with van der Waals surface area (Å²) in [4.78, 5) is 51.5. The van der Waals surface area contributed by atoms with Crippen molar-refractivity contribution < 1.29 is 19.5 Å². The van der Waals surface area contributed by atoms with Crippen LogP contribution in [0.3, 0.4) is 0 Å². The first-order chi connectivity index (χ1) is 16.6. The van der Waals surface area contributed by atoms with Gasteiger partial charge < -0.3 is 10.4 Å². The van der Waals surface area contributed by atoms with E-state index in [2.05, 4.69) is 15.8 Å². The summed E-state index contributed by atoms with van der Waals surface area (Å²) in [6.45, 7) is 3.41. The average Bonchev–Trinajstić information content (AvgIpc) is 2.81. The topological polar surface area (TPSA) is 134 Å². The van der Waals surface area contributed by atoms with Gasteiger partial charge in [-0.2, -0.15) is 5.10 Å². The van der Waals surface area contributed by atoms with Crippen LogP contribution in [0.15, 0.2) is 53.3 Å². The highest BCUT2D eigenvalue weighted by Gasteiger charge is 2.29. The predicted octanol–water partition coefficient (Wildman–Crippen LogP) is 2.61. The van der Waals surface area contributed by atoms with E-state index in [1.807, 2.05) is 0 Å². The summed E-state index contributed by atoms with van der Waals surface area (Å²) in [5, 5.41) is 17.6.